The van der Waals surface area contributed by atoms with Gasteiger partial charge in [0.2, 0.25) is 0 Å². The molecular weight excluding hydrogens is 252 g/mol. The van der Waals surface area contributed by atoms with Gasteiger partial charge in [-0.05, 0) is 23.4 Å². The molecule has 17 heavy (non-hydrogen) atoms. The summed E-state index contributed by atoms with van der Waals surface area (Å²) in [7, 11) is 0. The van der Waals surface area contributed by atoms with Gasteiger partial charge in [0.05, 0.1) is 4.88 Å². The molecule has 2 N–H and O–H groups in total. The molecule has 0 bridgehead atoms. The van der Waals surface area contributed by atoms with E-state index in [4.69, 9.17) is 5.73 Å². The predicted molar refractivity (Wildman–Crippen MR) is 72.7 cm³/mol. The first-order valence-electron chi connectivity index (χ1n) is 5.67. The average molecular weight is 266 g/mol. The Labute approximate surface area is 108 Å². The largest absolute Gasteiger partial charge is 0.336 e. The Morgan fingerprint density at radius 2 is 2.29 bits per heavy atom. The van der Waals surface area contributed by atoms with E-state index in [0.717, 1.165) is 11.4 Å². The first-order chi connectivity index (χ1) is 8.15. The van der Waals surface area contributed by atoms with Gasteiger partial charge < -0.3 is 10.6 Å². The second-order valence-electron chi connectivity index (χ2n) is 4.61. The lowest BCUT2D eigenvalue weighted by atomic mass is 10.1. The van der Waals surface area contributed by atoms with E-state index in [9.17, 15) is 4.79 Å². The van der Waals surface area contributed by atoms with Crippen molar-refractivity contribution in [2.24, 2.45) is 11.7 Å². The van der Waals surface area contributed by atoms with Gasteiger partial charge in [0.25, 0.3) is 5.91 Å². The third-order valence-corrected chi connectivity index (χ3v) is 5.39. The zero-order chi connectivity index (χ0) is 12.0. The van der Waals surface area contributed by atoms with E-state index in [0.29, 0.717) is 12.5 Å². The second kappa shape index (κ2) is 4.08. The number of nitrogens with two attached hydrogens (primary N) is 1. The van der Waals surface area contributed by atoms with Gasteiger partial charge in [0, 0.05) is 28.5 Å². The summed E-state index contributed by atoms with van der Waals surface area (Å²) in [6.07, 6.45) is 0. The molecule has 0 aliphatic carbocycles. The van der Waals surface area contributed by atoms with Crippen LogP contribution in [0, 0.1) is 5.92 Å². The number of nitrogens with zero attached hydrogens (tertiary/aromatic N) is 1. The fraction of sp³-hybridized carbons (Fsp3) is 0.417. The number of rotatable bonds is 1. The van der Waals surface area contributed by atoms with E-state index >= 15 is 0 Å². The summed E-state index contributed by atoms with van der Waals surface area (Å²) in [4.78, 5) is 15.0. The number of hydrogen-bond donors (Lipinski definition) is 1. The fourth-order valence-electron chi connectivity index (χ4n) is 2.18. The Morgan fingerprint density at radius 1 is 1.47 bits per heavy atom. The van der Waals surface area contributed by atoms with Gasteiger partial charge in [0.1, 0.15) is 0 Å². The summed E-state index contributed by atoms with van der Waals surface area (Å²) in [5, 5.41) is 2.06. The van der Waals surface area contributed by atoms with Crippen molar-refractivity contribution in [2.75, 3.05) is 13.1 Å². The van der Waals surface area contributed by atoms with Crippen LogP contribution in [0.2, 0.25) is 0 Å². The SMILES string of the molecule is CC1CN(C(=O)c2cc3sccc3s2)CC1N. The highest BCUT2D eigenvalue weighted by Crippen LogP contribution is 2.31. The van der Waals surface area contributed by atoms with Crippen molar-refractivity contribution >= 4 is 38.0 Å². The summed E-state index contributed by atoms with van der Waals surface area (Å²) in [5.41, 5.74) is 5.95. The van der Waals surface area contributed by atoms with Crippen LogP contribution in [0.4, 0.5) is 0 Å². The molecule has 90 valence electrons. The summed E-state index contributed by atoms with van der Waals surface area (Å²) < 4.78 is 2.41. The molecule has 1 aliphatic rings. The maximum absolute atomic E-state index is 12.3. The zero-order valence-electron chi connectivity index (χ0n) is 9.55. The van der Waals surface area contributed by atoms with Crippen molar-refractivity contribution in [3.8, 4) is 0 Å². The number of fused-ring (bicyclic) bond motifs is 1. The van der Waals surface area contributed by atoms with Gasteiger partial charge in [-0.2, -0.15) is 0 Å². The Kier molecular flexibility index (Phi) is 2.69. The van der Waals surface area contributed by atoms with Crippen molar-refractivity contribution in [1.29, 1.82) is 0 Å². The van der Waals surface area contributed by atoms with Crippen LogP contribution in [0.3, 0.4) is 0 Å². The third kappa shape index (κ3) is 1.88. The molecule has 2 aromatic rings. The molecule has 2 unspecified atom stereocenters. The van der Waals surface area contributed by atoms with E-state index in [1.807, 2.05) is 11.0 Å². The van der Waals surface area contributed by atoms with Crippen LogP contribution in [0.25, 0.3) is 9.40 Å². The highest BCUT2D eigenvalue weighted by molar-refractivity contribution is 7.27. The Hall–Kier alpha value is -0.910. The first kappa shape index (κ1) is 11.2. The van der Waals surface area contributed by atoms with Crippen molar-refractivity contribution in [3.63, 3.8) is 0 Å². The van der Waals surface area contributed by atoms with E-state index in [-0.39, 0.29) is 11.9 Å². The lowest BCUT2D eigenvalue weighted by molar-refractivity contribution is 0.0791. The molecule has 3 heterocycles. The van der Waals surface area contributed by atoms with Gasteiger partial charge in [0.15, 0.2) is 0 Å². The molecule has 0 aromatic carbocycles. The quantitative estimate of drug-likeness (QED) is 0.861. The zero-order valence-corrected chi connectivity index (χ0v) is 11.2. The van der Waals surface area contributed by atoms with Crippen LogP contribution in [0.15, 0.2) is 17.5 Å². The predicted octanol–water partition coefficient (Wildman–Crippen LogP) is 2.38. The van der Waals surface area contributed by atoms with Crippen molar-refractivity contribution in [3.05, 3.63) is 22.4 Å². The smallest absolute Gasteiger partial charge is 0.264 e. The lowest BCUT2D eigenvalue weighted by Gasteiger charge is -2.14. The van der Waals surface area contributed by atoms with Crippen LogP contribution in [-0.2, 0) is 0 Å². The van der Waals surface area contributed by atoms with Crippen LogP contribution in [0.5, 0.6) is 0 Å². The summed E-state index contributed by atoms with van der Waals surface area (Å²) in [6, 6.07) is 4.20. The monoisotopic (exact) mass is 266 g/mol. The van der Waals surface area contributed by atoms with Crippen LogP contribution >= 0.6 is 22.7 Å². The first-order valence-corrected chi connectivity index (χ1v) is 7.36. The minimum atomic E-state index is 0.125. The molecule has 1 fully saturated rings. The number of likely N-dealkylation sites (tertiary alicyclic amines) is 1. The molecule has 5 heteroatoms. The van der Waals surface area contributed by atoms with E-state index in [2.05, 4.69) is 18.4 Å². The number of thiophene rings is 2. The minimum Gasteiger partial charge on any atom is -0.336 e. The van der Waals surface area contributed by atoms with E-state index < -0.39 is 0 Å². The number of carbonyl (C=O) groups is 1. The normalized spacial score (nSPS) is 24.7. The maximum Gasteiger partial charge on any atom is 0.264 e. The Morgan fingerprint density at radius 3 is 2.94 bits per heavy atom. The fourth-order valence-corrected chi connectivity index (χ4v) is 4.26. The number of amides is 1. The molecule has 1 aliphatic heterocycles. The molecule has 2 atom stereocenters. The summed E-state index contributed by atoms with van der Waals surface area (Å²) in [5.74, 6) is 0.540. The van der Waals surface area contributed by atoms with Crippen LogP contribution in [-0.4, -0.2) is 29.9 Å². The summed E-state index contributed by atoms with van der Waals surface area (Å²) >= 11 is 3.26. The molecule has 1 amide bonds. The van der Waals surface area contributed by atoms with Crippen LogP contribution < -0.4 is 5.73 Å². The highest BCUT2D eigenvalue weighted by atomic mass is 32.1. The minimum absolute atomic E-state index is 0.125. The molecule has 3 rings (SSSR count). The number of carbonyl (C=O) groups excluding carboxylic acids is 1. The topological polar surface area (TPSA) is 46.3 Å². The molecule has 3 nitrogen and oxygen atoms in total. The van der Waals surface area contributed by atoms with Gasteiger partial charge in [-0.25, -0.2) is 0 Å². The molecule has 0 radical (unpaired) electrons. The van der Waals surface area contributed by atoms with E-state index in [1.54, 1.807) is 22.7 Å². The molecule has 2 aromatic heterocycles. The Bertz CT molecular complexity index is 521. The van der Waals surface area contributed by atoms with Crippen LogP contribution in [0.1, 0.15) is 16.6 Å². The number of hydrogen-bond acceptors (Lipinski definition) is 4. The molecule has 0 spiro atoms. The Balaban J connectivity index is 1.85. The van der Waals surface area contributed by atoms with Crippen molar-refractivity contribution in [1.82, 2.24) is 4.90 Å². The van der Waals surface area contributed by atoms with Gasteiger partial charge >= 0.3 is 0 Å². The molecule has 1 saturated heterocycles. The van der Waals surface area contributed by atoms with Gasteiger partial charge in [-0.15, -0.1) is 22.7 Å². The standard InChI is InChI=1S/C12H14N2OS2/c1-7-5-14(6-8(7)13)12(15)11-4-10-9(17-11)2-3-16-10/h2-4,7-8H,5-6,13H2,1H3. The van der Waals surface area contributed by atoms with Gasteiger partial charge in [-0.3, -0.25) is 4.79 Å². The summed E-state index contributed by atoms with van der Waals surface area (Å²) in [6.45, 7) is 3.57. The lowest BCUT2D eigenvalue weighted by Crippen LogP contribution is -2.31. The van der Waals surface area contributed by atoms with Crippen molar-refractivity contribution < 1.29 is 4.79 Å². The molecular formula is C12H14N2OS2. The second-order valence-corrected chi connectivity index (χ2v) is 6.64. The maximum atomic E-state index is 12.3. The average Bonchev–Trinajstić information content (AvgIpc) is 2.92. The van der Waals surface area contributed by atoms with Gasteiger partial charge in [-0.1, -0.05) is 6.92 Å². The van der Waals surface area contributed by atoms with E-state index in [1.165, 1.54) is 9.40 Å². The van der Waals surface area contributed by atoms with Crippen molar-refractivity contribution in [2.45, 2.75) is 13.0 Å². The highest BCUT2D eigenvalue weighted by Gasteiger charge is 2.31. The molecule has 0 saturated carbocycles. The third-order valence-electron chi connectivity index (χ3n) is 3.31.